The van der Waals surface area contributed by atoms with Gasteiger partial charge < -0.3 is 5.32 Å². The number of nitrogens with one attached hydrogen (secondary N) is 1. The van der Waals surface area contributed by atoms with E-state index in [1.807, 2.05) is 0 Å². The molecule has 2 nitrogen and oxygen atoms in total. The average molecular weight is 310 g/mol. The van der Waals surface area contributed by atoms with E-state index in [2.05, 4.69) is 38.8 Å². The second-order valence-corrected chi connectivity index (χ2v) is 5.34. The zero-order valence-corrected chi connectivity index (χ0v) is 11.6. The van der Waals surface area contributed by atoms with Crippen LogP contribution in [-0.2, 0) is 6.54 Å². The molecule has 5 heteroatoms. The van der Waals surface area contributed by atoms with Crippen LogP contribution in [0.15, 0.2) is 15.2 Å². The standard InChI is InChI=1S/C10H13BrN2S.ClH/c11-10-6-9(8-14-10)7-13-5-3-1-2-4-12;/h6,8,13H,1-3,5,7H2;1H. The average Bonchev–Trinajstić information content (AvgIpc) is 2.58. The van der Waals surface area contributed by atoms with E-state index in [1.54, 1.807) is 11.3 Å². The Morgan fingerprint density at radius 2 is 2.27 bits per heavy atom. The number of rotatable bonds is 6. The zero-order valence-electron chi connectivity index (χ0n) is 8.33. The van der Waals surface area contributed by atoms with Crippen molar-refractivity contribution in [2.24, 2.45) is 0 Å². The molecular weight excluding hydrogens is 296 g/mol. The molecule has 1 N–H and O–H groups in total. The van der Waals surface area contributed by atoms with Crippen molar-refractivity contribution in [1.29, 1.82) is 5.26 Å². The van der Waals surface area contributed by atoms with E-state index in [0.29, 0.717) is 6.42 Å². The van der Waals surface area contributed by atoms with Crippen LogP contribution in [-0.4, -0.2) is 6.54 Å². The fourth-order valence-corrected chi connectivity index (χ4v) is 2.33. The number of nitrogens with zero attached hydrogens (tertiary/aromatic N) is 1. The van der Waals surface area contributed by atoms with E-state index >= 15 is 0 Å². The van der Waals surface area contributed by atoms with Gasteiger partial charge in [0.05, 0.1) is 9.86 Å². The summed E-state index contributed by atoms with van der Waals surface area (Å²) in [6.07, 6.45) is 2.75. The van der Waals surface area contributed by atoms with E-state index in [9.17, 15) is 0 Å². The van der Waals surface area contributed by atoms with Crippen molar-refractivity contribution < 1.29 is 0 Å². The molecule has 1 rings (SSSR count). The maximum absolute atomic E-state index is 8.33. The first-order valence-electron chi connectivity index (χ1n) is 4.63. The van der Waals surface area contributed by atoms with Gasteiger partial charge in [0, 0.05) is 13.0 Å². The Kier molecular flexibility index (Phi) is 9.12. The largest absolute Gasteiger partial charge is 0.313 e. The Labute approximate surface area is 109 Å². The monoisotopic (exact) mass is 308 g/mol. The van der Waals surface area contributed by atoms with Crippen LogP contribution in [0.25, 0.3) is 0 Å². The minimum Gasteiger partial charge on any atom is -0.313 e. The molecule has 0 aliphatic carbocycles. The Morgan fingerprint density at radius 1 is 1.47 bits per heavy atom. The molecule has 0 aliphatic rings. The molecule has 0 saturated carbocycles. The van der Waals surface area contributed by atoms with E-state index in [0.717, 1.165) is 25.9 Å². The number of hydrogen-bond acceptors (Lipinski definition) is 3. The second-order valence-electron chi connectivity index (χ2n) is 3.05. The molecule has 0 spiro atoms. The first-order valence-corrected chi connectivity index (χ1v) is 6.31. The lowest BCUT2D eigenvalue weighted by atomic mass is 10.2. The van der Waals surface area contributed by atoms with Gasteiger partial charge in [0.1, 0.15) is 0 Å². The minimum atomic E-state index is 0. The van der Waals surface area contributed by atoms with Gasteiger partial charge in [-0.15, -0.1) is 23.7 Å². The van der Waals surface area contributed by atoms with Crippen molar-refractivity contribution in [2.45, 2.75) is 25.8 Å². The van der Waals surface area contributed by atoms with Gasteiger partial charge >= 0.3 is 0 Å². The van der Waals surface area contributed by atoms with Gasteiger partial charge in [-0.3, -0.25) is 0 Å². The normalized spacial score (nSPS) is 9.33. The van der Waals surface area contributed by atoms with Gasteiger partial charge in [0.15, 0.2) is 0 Å². The number of halogens is 2. The van der Waals surface area contributed by atoms with Crippen LogP contribution >= 0.6 is 39.7 Å². The van der Waals surface area contributed by atoms with Crippen LogP contribution in [0.1, 0.15) is 24.8 Å². The smallest absolute Gasteiger partial charge is 0.0701 e. The predicted molar refractivity (Wildman–Crippen MR) is 70.4 cm³/mol. The molecule has 0 aliphatic heterocycles. The Bertz CT molecular complexity index is 309. The summed E-state index contributed by atoms with van der Waals surface area (Å²) < 4.78 is 1.18. The highest BCUT2D eigenvalue weighted by atomic mass is 79.9. The Morgan fingerprint density at radius 3 is 2.87 bits per heavy atom. The Hall–Kier alpha value is -0.0800. The zero-order chi connectivity index (χ0) is 10.2. The lowest BCUT2D eigenvalue weighted by Gasteiger charge is -2.00. The molecule has 0 saturated heterocycles. The first kappa shape index (κ1) is 14.9. The third kappa shape index (κ3) is 6.91. The van der Waals surface area contributed by atoms with Gasteiger partial charge in [0.25, 0.3) is 0 Å². The molecule has 0 fully saturated rings. The summed E-state index contributed by atoms with van der Waals surface area (Å²) in [6.45, 7) is 1.92. The number of nitriles is 1. The third-order valence-electron chi connectivity index (χ3n) is 1.84. The van der Waals surface area contributed by atoms with Gasteiger partial charge in [-0.1, -0.05) is 0 Å². The summed E-state index contributed by atoms with van der Waals surface area (Å²) in [7, 11) is 0. The molecule has 1 aromatic heterocycles. The predicted octanol–water partition coefficient (Wildman–Crippen LogP) is 3.72. The van der Waals surface area contributed by atoms with Gasteiger partial charge in [-0.25, -0.2) is 0 Å². The lowest BCUT2D eigenvalue weighted by Crippen LogP contribution is -2.13. The van der Waals surface area contributed by atoms with Crippen molar-refractivity contribution in [2.75, 3.05) is 6.54 Å². The van der Waals surface area contributed by atoms with Crippen LogP contribution in [0.2, 0.25) is 0 Å². The highest BCUT2D eigenvalue weighted by Crippen LogP contribution is 2.20. The molecule has 0 atom stereocenters. The van der Waals surface area contributed by atoms with Crippen LogP contribution < -0.4 is 5.32 Å². The fourth-order valence-electron chi connectivity index (χ4n) is 1.13. The molecule has 0 amide bonds. The summed E-state index contributed by atoms with van der Waals surface area (Å²) in [5.41, 5.74) is 1.32. The SMILES string of the molecule is Cl.N#CCCCCNCc1csc(Br)c1. The summed E-state index contributed by atoms with van der Waals surface area (Å²) in [4.78, 5) is 0. The van der Waals surface area contributed by atoms with Crippen LogP contribution in [0, 0.1) is 11.3 Å². The molecule has 0 bridgehead atoms. The maximum Gasteiger partial charge on any atom is 0.0701 e. The molecule has 0 unspecified atom stereocenters. The third-order valence-corrected chi connectivity index (χ3v) is 3.40. The summed E-state index contributed by atoms with van der Waals surface area (Å²) in [5.74, 6) is 0. The molecular formula is C10H14BrClN2S. The van der Waals surface area contributed by atoms with E-state index < -0.39 is 0 Å². The van der Waals surface area contributed by atoms with Crippen molar-refractivity contribution >= 4 is 39.7 Å². The maximum atomic E-state index is 8.33. The molecule has 1 aromatic rings. The number of hydrogen-bond donors (Lipinski definition) is 1. The fraction of sp³-hybridized carbons (Fsp3) is 0.500. The summed E-state index contributed by atoms with van der Waals surface area (Å²) in [5, 5.41) is 13.8. The second kappa shape index (κ2) is 9.17. The van der Waals surface area contributed by atoms with Crippen LogP contribution in [0.3, 0.4) is 0 Å². The lowest BCUT2D eigenvalue weighted by molar-refractivity contribution is 0.629. The quantitative estimate of drug-likeness (QED) is 0.813. The highest BCUT2D eigenvalue weighted by molar-refractivity contribution is 9.11. The van der Waals surface area contributed by atoms with Crippen molar-refractivity contribution in [3.8, 4) is 6.07 Å². The van der Waals surface area contributed by atoms with Gasteiger partial charge in [-0.2, -0.15) is 5.26 Å². The van der Waals surface area contributed by atoms with E-state index in [1.165, 1.54) is 9.35 Å². The molecule has 15 heavy (non-hydrogen) atoms. The molecule has 0 aromatic carbocycles. The Balaban J connectivity index is 0.00000196. The topological polar surface area (TPSA) is 35.8 Å². The number of unbranched alkanes of at least 4 members (excludes halogenated alkanes) is 2. The molecule has 0 radical (unpaired) electrons. The van der Waals surface area contributed by atoms with Crippen LogP contribution in [0.4, 0.5) is 0 Å². The highest BCUT2D eigenvalue weighted by Gasteiger charge is 1.95. The van der Waals surface area contributed by atoms with Crippen molar-refractivity contribution in [3.05, 3.63) is 20.8 Å². The van der Waals surface area contributed by atoms with E-state index in [4.69, 9.17) is 5.26 Å². The summed E-state index contributed by atoms with van der Waals surface area (Å²) >= 11 is 5.14. The van der Waals surface area contributed by atoms with Gasteiger partial charge in [0.2, 0.25) is 0 Å². The van der Waals surface area contributed by atoms with Gasteiger partial charge in [-0.05, 0) is 52.3 Å². The number of thiophene rings is 1. The first-order chi connectivity index (χ1) is 6.83. The van der Waals surface area contributed by atoms with E-state index in [-0.39, 0.29) is 12.4 Å². The minimum absolute atomic E-state index is 0. The van der Waals surface area contributed by atoms with Crippen molar-refractivity contribution in [1.82, 2.24) is 5.32 Å². The summed E-state index contributed by atoms with van der Waals surface area (Å²) in [6, 6.07) is 4.28. The molecule has 84 valence electrons. The van der Waals surface area contributed by atoms with Crippen LogP contribution in [0.5, 0.6) is 0 Å². The molecule has 1 heterocycles. The van der Waals surface area contributed by atoms with Crippen molar-refractivity contribution in [3.63, 3.8) is 0 Å².